The monoisotopic (exact) mass is 355 g/mol. The lowest BCUT2D eigenvalue weighted by Crippen LogP contribution is -2.49. The molecule has 0 N–H and O–H groups in total. The smallest absolute Gasteiger partial charge is 0.231 e. The third-order valence-corrected chi connectivity index (χ3v) is 4.73. The number of aromatic nitrogens is 3. The molecule has 0 bridgehead atoms. The van der Waals surface area contributed by atoms with Gasteiger partial charge in [-0.25, -0.2) is 0 Å². The van der Waals surface area contributed by atoms with Gasteiger partial charge in [0.05, 0.1) is 6.42 Å². The van der Waals surface area contributed by atoms with Crippen LogP contribution in [-0.4, -0.2) is 51.6 Å². The minimum atomic E-state index is 0.146. The summed E-state index contributed by atoms with van der Waals surface area (Å²) in [4.78, 5) is 16.6. The molecular weight excluding hydrogens is 338 g/mol. The number of rotatable bonds is 3. The Balaban J connectivity index is 1.39. The summed E-state index contributed by atoms with van der Waals surface area (Å²) < 4.78 is 1.98. The van der Waals surface area contributed by atoms with Crippen molar-refractivity contribution in [2.75, 3.05) is 31.1 Å². The summed E-state index contributed by atoms with van der Waals surface area (Å²) in [7, 11) is 0. The summed E-state index contributed by atoms with van der Waals surface area (Å²) in [5.74, 6) is 0.980. The van der Waals surface area contributed by atoms with Crippen LogP contribution in [0.5, 0.6) is 0 Å². The van der Waals surface area contributed by atoms with Crippen LogP contribution in [0, 0.1) is 0 Å². The normalized spacial score (nSPS) is 14.9. The molecule has 0 atom stereocenters. The molecule has 3 aromatic rings. The highest BCUT2D eigenvalue weighted by atomic mass is 35.5. The summed E-state index contributed by atoms with van der Waals surface area (Å²) in [6, 6.07) is 13.3. The van der Waals surface area contributed by atoms with Crippen molar-refractivity contribution in [2.45, 2.75) is 6.42 Å². The molecule has 128 valence electrons. The van der Waals surface area contributed by atoms with Crippen LogP contribution >= 0.6 is 11.6 Å². The number of nitrogens with zero attached hydrogens (tertiary/aromatic N) is 5. The number of anilines is 1. The molecule has 0 spiro atoms. The van der Waals surface area contributed by atoms with Crippen molar-refractivity contribution in [1.82, 2.24) is 19.5 Å². The van der Waals surface area contributed by atoms with E-state index in [1.54, 1.807) is 0 Å². The zero-order chi connectivity index (χ0) is 17.2. The van der Waals surface area contributed by atoms with Crippen LogP contribution < -0.4 is 4.90 Å². The summed E-state index contributed by atoms with van der Waals surface area (Å²) >= 11 is 5.89. The SMILES string of the molecule is O=C(Cc1ccc(Cl)cc1)N1CCN(c2nnc3ccccn23)CC1. The second kappa shape index (κ2) is 6.72. The van der Waals surface area contributed by atoms with Crippen LogP contribution in [0.15, 0.2) is 48.7 Å². The van der Waals surface area contributed by atoms with Crippen molar-refractivity contribution < 1.29 is 4.79 Å². The zero-order valence-corrected chi connectivity index (χ0v) is 14.4. The van der Waals surface area contributed by atoms with E-state index in [4.69, 9.17) is 11.6 Å². The lowest BCUT2D eigenvalue weighted by atomic mass is 10.1. The Hall–Kier alpha value is -2.60. The molecule has 0 saturated carbocycles. The quantitative estimate of drug-likeness (QED) is 0.723. The lowest BCUT2D eigenvalue weighted by Gasteiger charge is -2.34. The Kier molecular flexibility index (Phi) is 4.28. The molecule has 6 nitrogen and oxygen atoms in total. The minimum absolute atomic E-state index is 0.146. The molecule has 25 heavy (non-hydrogen) atoms. The van der Waals surface area contributed by atoms with Crippen molar-refractivity contribution in [3.8, 4) is 0 Å². The number of carbonyl (C=O) groups is 1. The van der Waals surface area contributed by atoms with Gasteiger partial charge in [-0.2, -0.15) is 0 Å². The van der Waals surface area contributed by atoms with Gasteiger partial charge in [0, 0.05) is 37.4 Å². The van der Waals surface area contributed by atoms with Crippen LogP contribution in [0.2, 0.25) is 5.02 Å². The van der Waals surface area contributed by atoms with Gasteiger partial charge < -0.3 is 9.80 Å². The molecule has 1 saturated heterocycles. The van der Waals surface area contributed by atoms with Crippen molar-refractivity contribution in [3.63, 3.8) is 0 Å². The number of pyridine rings is 1. The van der Waals surface area contributed by atoms with Crippen LogP contribution in [0.25, 0.3) is 5.65 Å². The Morgan fingerprint density at radius 3 is 2.52 bits per heavy atom. The highest BCUT2D eigenvalue weighted by Crippen LogP contribution is 2.16. The summed E-state index contributed by atoms with van der Waals surface area (Å²) in [6.07, 6.45) is 2.37. The van der Waals surface area contributed by atoms with Crippen molar-refractivity contribution in [2.24, 2.45) is 0 Å². The molecule has 2 aromatic heterocycles. The number of carbonyl (C=O) groups excluding carboxylic acids is 1. The number of piperazine rings is 1. The standard InChI is InChI=1S/C18H18ClN5O/c19-15-6-4-14(5-7-15)13-17(25)22-9-11-23(12-10-22)18-21-20-16-3-1-2-8-24(16)18/h1-8H,9-13H2. The van der Waals surface area contributed by atoms with Crippen LogP contribution in [0.1, 0.15) is 5.56 Å². The predicted molar refractivity (Wildman–Crippen MR) is 96.9 cm³/mol. The minimum Gasteiger partial charge on any atom is -0.339 e. The molecule has 1 aromatic carbocycles. The van der Waals surface area contributed by atoms with Gasteiger partial charge in [0.1, 0.15) is 0 Å². The molecule has 1 aliphatic heterocycles. The van der Waals surface area contributed by atoms with Crippen LogP contribution in [-0.2, 0) is 11.2 Å². The van der Waals surface area contributed by atoms with Crippen LogP contribution in [0.4, 0.5) is 5.95 Å². The van der Waals surface area contributed by atoms with Gasteiger partial charge in [0.15, 0.2) is 5.65 Å². The number of amides is 1. The first-order valence-electron chi connectivity index (χ1n) is 8.28. The van der Waals surface area contributed by atoms with Gasteiger partial charge in [-0.1, -0.05) is 29.8 Å². The molecule has 0 radical (unpaired) electrons. The lowest BCUT2D eigenvalue weighted by molar-refractivity contribution is -0.130. The highest BCUT2D eigenvalue weighted by Gasteiger charge is 2.23. The number of halogens is 1. The third kappa shape index (κ3) is 3.30. The zero-order valence-electron chi connectivity index (χ0n) is 13.7. The number of benzene rings is 1. The average molecular weight is 356 g/mol. The molecule has 4 rings (SSSR count). The molecular formula is C18H18ClN5O. The van der Waals surface area contributed by atoms with Crippen molar-refractivity contribution in [1.29, 1.82) is 0 Å². The van der Waals surface area contributed by atoms with Gasteiger partial charge in [0.2, 0.25) is 11.9 Å². The van der Waals surface area contributed by atoms with Crippen molar-refractivity contribution in [3.05, 3.63) is 59.2 Å². The summed E-state index contributed by atoms with van der Waals surface area (Å²) in [5.41, 5.74) is 1.82. The Morgan fingerprint density at radius 2 is 1.76 bits per heavy atom. The topological polar surface area (TPSA) is 53.7 Å². The fourth-order valence-electron chi connectivity index (χ4n) is 3.09. The van der Waals surface area contributed by atoms with E-state index in [-0.39, 0.29) is 5.91 Å². The maximum Gasteiger partial charge on any atom is 0.231 e. The van der Waals surface area contributed by atoms with E-state index < -0.39 is 0 Å². The molecule has 1 aliphatic rings. The number of hydrogen-bond acceptors (Lipinski definition) is 4. The largest absolute Gasteiger partial charge is 0.339 e. The molecule has 1 fully saturated rings. The van der Waals surface area contributed by atoms with Gasteiger partial charge in [-0.15, -0.1) is 10.2 Å². The van der Waals surface area contributed by atoms with E-state index in [0.717, 1.165) is 30.2 Å². The van der Waals surface area contributed by atoms with Gasteiger partial charge in [-0.3, -0.25) is 9.20 Å². The maximum absolute atomic E-state index is 12.5. The predicted octanol–water partition coefficient (Wildman–Crippen LogP) is 2.27. The average Bonchev–Trinajstić information content (AvgIpc) is 3.08. The second-order valence-corrected chi connectivity index (χ2v) is 6.54. The second-order valence-electron chi connectivity index (χ2n) is 6.10. The van der Waals surface area contributed by atoms with Gasteiger partial charge >= 0.3 is 0 Å². The molecule has 0 unspecified atom stereocenters. The maximum atomic E-state index is 12.5. The highest BCUT2D eigenvalue weighted by molar-refractivity contribution is 6.30. The molecule has 3 heterocycles. The fourth-order valence-corrected chi connectivity index (χ4v) is 3.21. The molecule has 0 aliphatic carbocycles. The third-order valence-electron chi connectivity index (χ3n) is 4.48. The van der Waals surface area contributed by atoms with E-state index >= 15 is 0 Å². The van der Waals surface area contributed by atoms with E-state index in [1.807, 2.05) is 58.0 Å². The van der Waals surface area contributed by atoms with Gasteiger partial charge in [-0.05, 0) is 29.8 Å². The Labute approximate surface area is 150 Å². The molecule has 7 heteroatoms. The van der Waals surface area contributed by atoms with E-state index in [0.29, 0.717) is 24.5 Å². The van der Waals surface area contributed by atoms with Crippen LogP contribution in [0.3, 0.4) is 0 Å². The number of hydrogen-bond donors (Lipinski definition) is 0. The first-order valence-corrected chi connectivity index (χ1v) is 8.65. The van der Waals surface area contributed by atoms with E-state index in [1.165, 1.54) is 0 Å². The fraction of sp³-hybridized carbons (Fsp3) is 0.278. The van der Waals surface area contributed by atoms with E-state index in [2.05, 4.69) is 15.1 Å². The Bertz CT molecular complexity index is 884. The first kappa shape index (κ1) is 15.9. The first-order chi connectivity index (χ1) is 12.2. The van der Waals surface area contributed by atoms with Gasteiger partial charge in [0.25, 0.3) is 0 Å². The van der Waals surface area contributed by atoms with Crippen molar-refractivity contribution >= 4 is 29.1 Å². The number of fused-ring (bicyclic) bond motifs is 1. The Morgan fingerprint density at radius 1 is 1.00 bits per heavy atom. The molecule has 1 amide bonds. The van der Waals surface area contributed by atoms with E-state index in [9.17, 15) is 4.79 Å². The summed E-state index contributed by atoms with van der Waals surface area (Å²) in [5, 5.41) is 9.16. The summed E-state index contributed by atoms with van der Waals surface area (Å²) in [6.45, 7) is 2.88.